The highest BCUT2D eigenvalue weighted by molar-refractivity contribution is 5.95. The first-order valence-electron chi connectivity index (χ1n) is 16.1. The van der Waals surface area contributed by atoms with Gasteiger partial charge in [-0.1, -0.05) is 104 Å². The Balaban J connectivity index is 1.40. The van der Waals surface area contributed by atoms with E-state index in [9.17, 15) is 24.9 Å². The third-order valence-corrected chi connectivity index (χ3v) is 11.1. The fourth-order valence-corrected chi connectivity index (χ4v) is 8.72. The van der Waals surface area contributed by atoms with Crippen LogP contribution in [0.5, 0.6) is 0 Å². The number of esters is 1. The highest BCUT2D eigenvalue weighted by atomic mass is 16.6. The van der Waals surface area contributed by atoms with Gasteiger partial charge in [-0.05, 0) is 54.1 Å². The van der Waals surface area contributed by atoms with Gasteiger partial charge in [-0.15, -0.1) is 0 Å². The van der Waals surface area contributed by atoms with Crippen molar-refractivity contribution >= 4 is 11.8 Å². The van der Waals surface area contributed by atoms with Crippen LogP contribution in [0.25, 0.3) is 0 Å². The van der Waals surface area contributed by atoms with Crippen molar-refractivity contribution < 1.29 is 29.6 Å². The molecule has 4 aliphatic rings. The molecule has 4 aliphatic carbocycles. The van der Waals surface area contributed by atoms with Crippen LogP contribution >= 0.6 is 0 Å². The summed E-state index contributed by atoms with van der Waals surface area (Å²) < 4.78 is 5.93. The van der Waals surface area contributed by atoms with E-state index in [1.165, 1.54) is 51.4 Å². The quantitative estimate of drug-likeness (QED) is 0.136. The molecule has 0 aromatic heterocycles. The molecule has 0 radical (unpaired) electrons. The lowest BCUT2D eigenvalue weighted by atomic mass is 9.59. The summed E-state index contributed by atoms with van der Waals surface area (Å²) in [6.07, 6.45) is 14.9. The van der Waals surface area contributed by atoms with Gasteiger partial charge in [0.05, 0.1) is 12.0 Å². The van der Waals surface area contributed by atoms with Crippen LogP contribution in [-0.4, -0.2) is 51.5 Å². The molecule has 6 heteroatoms. The zero-order valence-corrected chi connectivity index (χ0v) is 25.6. The Morgan fingerprint density at radius 1 is 1.02 bits per heavy atom. The second kappa shape index (κ2) is 12.4. The van der Waals surface area contributed by atoms with Crippen molar-refractivity contribution in [1.29, 1.82) is 0 Å². The summed E-state index contributed by atoms with van der Waals surface area (Å²) in [5.41, 5.74) is -2.60. The maximum Gasteiger partial charge on any atom is 0.306 e. The van der Waals surface area contributed by atoms with Crippen molar-refractivity contribution in [2.45, 2.75) is 136 Å². The highest BCUT2D eigenvalue weighted by Gasteiger charge is 2.76. The van der Waals surface area contributed by atoms with Gasteiger partial charge in [0.25, 0.3) is 0 Å². The number of carbonyl (C=O) groups is 2. The number of unbranched alkanes of at least 4 members (excludes halogenated alkanes) is 10. The molecular formula is C34H54O6. The number of hydrogen-bond acceptors (Lipinski definition) is 6. The lowest BCUT2D eigenvalue weighted by Gasteiger charge is -2.48. The van der Waals surface area contributed by atoms with Gasteiger partial charge in [-0.25, -0.2) is 0 Å². The summed E-state index contributed by atoms with van der Waals surface area (Å²) in [6.45, 7) is 9.88. The minimum Gasteiger partial charge on any atom is -0.455 e. The standard InChI is InChI=1S/C34H54O6/c1-6-7-8-9-10-11-12-13-14-15-16-17-27(36)40-31-22(2)20-33-23(3)18-26-28(32(26,4)5)25(30(33)38)19-24(21-35)29(37)34(31,33)39/h19-20,23,25-26,28-29,31,35,37,39H,6-18,21H2,1-5H3/t23-,25-,26-,28+,29-,31+,33+,34+/m1/s1. The largest absolute Gasteiger partial charge is 0.455 e. The van der Waals surface area contributed by atoms with Gasteiger partial charge in [0.2, 0.25) is 0 Å². The number of fused-ring (bicyclic) bond motifs is 3. The first kappa shape index (κ1) is 31.4. The minimum atomic E-state index is -2.05. The Morgan fingerprint density at radius 3 is 2.17 bits per heavy atom. The summed E-state index contributed by atoms with van der Waals surface area (Å²) >= 11 is 0. The average molecular weight is 559 g/mol. The molecule has 0 unspecified atom stereocenters. The maximum atomic E-state index is 14.4. The van der Waals surface area contributed by atoms with Crippen LogP contribution in [0.4, 0.5) is 0 Å². The molecule has 2 fully saturated rings. The first-order chi connectivity index (χ1) is 19.0. The molecule has 2 saturated carbocycles. The lowest BCUT2D eigenvalue weighted by Crippen LogP contribution is -2.65. The molecule has 1 spiro atoms. The van der Waals surface area contributed by atoms with Gasteiger partial charge in [-0.2, -0.15) is 0 Å². The Morgan fingerprint density at radius 2 is 1.60 bits per heavy atom. The van der Waals surface area contributed by atoms with E-state index in [1.54, 1.807) is 19.1 Å². The van der Waals surface area contributed by atoms with Crippen LogP contribution in [0, 0.1) is 34.5 Å². The summed E-state index contributed by atoms with van der Waals surface area (Å²) in [5.74, 6) is -0.857. The van der Waals surface area contributed by atoms with Crippen LogP contribution in [0.15, 0.2) is 23.3 Å². The second-order valence-electron chi connectivity index (χ2n) is 14.0. The highest BCUT2D eigenvalue weighted by Crippen LogP contribution is 2.71. The third kappa shape index (κ3) is 5.26. The van der Waals surface area contributed by atoms with E-state index in [2.05, 4.69) is 20.8 Å². The fourth-order valence-electron chi connectivity index (χ4n) is 8.72. The smallest absolute Gasteiger partial charge is 0.306 e. The molecule has 40 heavy (non-hydrogen) atoms. The van der Waals surface area contributed by atoms with Crippen molar-refractivity contribution in [2.24, 2.45) is 34.5 Å². The Bertz CT molecular complexity index is 996. The van der Waals surface area contributed by atoms with Gasteiger partial charge in [0, 0.05) is 12.3 Å². The Hall–Kier alpha value is -1.50. The second-order valence-corrected chi connectivity index (χ2v) is 14.0. The molecule has 0 saturated heterocycles. The number of Topliss-reactive ketones (excluding diaryl/α,β-unsaturated/α-hetero) is 1. The van der Waals surface area contributed by atoms with Crippen LogP contribution in [0.3, 0.4) is 0 Å². The molecule has 0 aromatic carbocycles. The predicted molar refractivity (Wildman–Crippen MR) is 156 cm³/mol. The summed E-state index contributed by atoms with van der Waals surface area (Å²) in [5, 5.41) is 34.3. The zero-order chi connectivity index (χ0) is 29.3. The SMILES string of the molecule is CCCCCCCCCCCCCC(=O)O[C@H]1C(C)=C[C@]23C(=O)[C@H](C=C(CO)[C@@H](O)[C@]12O)[C@H]1[C@@H](C[C@H]3C)C1(C)C. The summed E-state index contributed by atoms with van der Waals surface area (Å²) in [7, 11) is 0. The molecule has 6 nitrogen and oxygen atoms in total. The molecule has 2 bridgehead atoms. The summed E-state index contributed by atoms with van der Waals surface area (Å²) in [4.78, 5) is 27.4. The Kier molecular flexibility index (Phi) is 9.74. The van der Waals surface area contributed by atoms with Crippen LogP contribution in [-0.2, 0) is 14.3 Å². The number of ketones is 1. The molecule has 8 atom stereocenters. The number of aliphatic hydroxyl groups is 3. The van der Waals surface area contributed by atoms with E-state index < -0.39 is 41.7 Å². The van der Waals surface area contributed by atoms with Crippen molar-refractivity contribution in [1.82, 2.24) is 0 Å². The maximum absolute atomic E-state index is 14.4. The van der Waals surface area contributed by atoms with Crippen molar-refractivity contribution in [2.75, 3.05) is 6.61 Å². The zero-order valence-electron chi connectivity index (χ0n) is 25.6. The number of ether oxygens (including phenoxy) is 1. The monoisotopic (exact) mass is 558 g/mol. The van der Waals surface area contributed by atoms with E-state index in [0.29, 0.717) is 17.9 Å². The molecule has 0 amide bonds. The van der Waals surface area contributed by atoms with Gasteiger partial charge in [0.15, 0.2) is 17.5 Å². The van der Waals surface area contributed by atoms with Crippen LogP contribution < -0.4 is 0 Å². The first-order valence-corrected chi connectivity index (χ1v) is 16.1. The number of rotatable bonds is 14. The van der Waals surface area contributed by atoms with E-state index >= 15 is 0 Å². The van der Waals surface area contributed by atoms with Gasteiger partial charge in [0.1, 0.15) is 6.10 Å². The topological polar surface area (TPSA) is 104 Å². The third-order valence-electron chi connectivity index (χ3n) is 11.1. The van der Waals surface area contributed by atoms with Crippen molar-refractivity contribution in [3.8, 4) is 0 Å². The normalized spacial score (nSPS) is 37.5. The number of aliphatic hydroxyl groups excluding tert-OH is 2. The van der Waals surface area contributed by atoms with E-state index in [0.717, 1.165) is 19.3 Å². The van der Waals surface area contributed by atoms with Crippen LogP contribution in [0.2, 0.25) is 0 Å². The average Bonchev–Trinajstić information content (AvgIpc) is 3.40. The number of carbonyl (C=O) groups excluding carboxylic acids is 2. The van der Waals surface area contributed by atoms with Gasteiger partial charge in [-0.3, -0.25) is 9.59 Å². The van der Waals surface area contributed by atoms with Crippen LogP contribution in [0.1, 0.15) is 118 Å². The summed E-state index contributed by atoms with van der Waals surface area (Å²) in [6, 6.07) is 0. The number of allylic oxidation sites excluding steroid dienone is 1. The lowest BCUT2D eigenvalue weighted by molar-refractivity contribution is -0.203. The molecular weight excluding hydrogens is 504 g/mol. The van der Waals surface area contributed by atoms with Crippen molar-refractivity contribution in [3.63, 3.8) is 0 Å². The van der Waals surface area contributed by atoms with Crippen molar-refractivity contribution in [3.05, 3.63) is 23.3 Å². The minimum absolute atomic E-state index is 0.0153. The molecule has 0 heterocycles. The molecule has 3 N–H and O–H groups in total. The van der Waals surface area contributed by atoms with E-state index in [4.69, 9.17) is 4.74 Å². The molecule has 4 rings (SSSR count). The van der Waals surface area contributed by atoms with Gasteiger partial charge >= 0.3 is 5.97 Å². The Labute approximate surface area is 241 Å². The predicted octanol–water partition coefficient (Wildman–Crippen LogP) is 6.07. The van der Waals surface area contributed by atoms with Gasteiger partial charge < -0.3 is 20.1 Å². The molecule has 226 valence electrons. The molecule has 0 aromatic rings. The van der Waals surface area contributed by atoms with E-state index in [1.807, 2.05) is 6.92 Å². The van der Waals surface area contributed by atoms with E-state index in [-0.39, 0.29) is 35.0 Å². The molecule has 0 aliphatic heterocycles. The number of hydrogen-bond donors (Lipinski definition) is 3. The fraction of sp³-hybridized carbons (Fsp3) is 0.824.